The normalized spacial score (nSPS) is 12.8. The maximum absolute atomic E-state index is 12.9. The van der Waals surface area contributed by atoms with E-state index in [2.05, 4.69) is 15.5 Å². The highest BCUT2D eigenvalue weighted by Crippen LogP contribution is 2.31. The first-order chi connectivity index (χ1) is 13.0. The number of halogens is 2. The maximum Gasteiger partial charge on any atom is 0.250 e. The van der Waals surface area contributed by atoms with Gasteiger partial charge in [0.15, 0.2) is 4.34 Å². The van der Waals surface area contributed by atoms with Crippen LogP contribution in [0.3, 0.4) is 0 Å². The molecule has 0 unspecified atom stereocenters. The van der Waals surface area contributed by atoms with Crippen molar-refractivity contribution in [3.63, 3.8) is 0 Å². The molecule has 1 aromatic heterocycles. The smallest absolute Gasteiger partial charge is 0.250 e. The van der Waals surface area contributed by atoms with E-state index in [0.29, 0.717) is 10.4 Å². The molecule has 0 saturated heterocycles. The van der Waals surface area contributed by atoms with Crippen molar-refractivity contribution >= 4 is 73.0 Å². The maximum atomic E-state index is 12.9. The van der Waals surface area contributed by atoms with Gasteiger partial charge < -0.3 is 0 Å². The van der Waals surface area contributed by atoms with Gasteiger partial charge in [0.2, 0.25) is 21.1 Å². The van der Waals surface area contributed by atoms with Gasteiger partial charge in [-0.1, -0.05) is 67.1 Å². The van der Waals surface area contributed by atoms with Gasteiger partial charge in [0, 0.05) is 15.3 Å². The van der Waals surface area contributed by atoms with E-state index in [1.807, 2.05) is 13.8 Å². The summed E-state index contributed by atoms with van der Waals surface area (Å²) in [6, 6.07) is 3.39. The van der Waals surface area contributed by atoms with Gasteiger partial charge in [-0.3, -0.25) is 14.4 Å². The second kappa shape index (κ2) is 9.62. The van der Waals surface area contributed by atoms with Gasteiger partial charge in [0.1, 0.15) is 6.04 Å². The molecule has 0 aliphatic carbocycles. The fourth-order valence-corrected chi connectivity index (χ4v) is 6.11. The van der Waals surface area contributed by atoms with Crippen molar-refractivity contribution < 1.29 is 13.2 Å². The van der Waals surface area contributed by atoms with Gasteiger partial charge >= 0.3 is 0 Å². The van der Waals surface area contributed by atoms with Crippen LogP contribution in [-0.2, 0) is 14.8 Å². The molecule has 7 nitrogen and oxygen atoms in total. The van der Waals surface area contributed by atoms with Crippen molar-refractivity contribution in [1.82, 2.24) is 10.2 Å². The highest BCUT2D eigenvalue weighted by molar-refractivity contribution is 8.01. The van der Waals surface area contributed by atoms with Crippen LogP contribution in [0, 0.1) is 0 Å². The molecule has 2 rings (SSSR count). The first kappa shape index (κ1) is 23.2. The minimum absolute atomic E-state index is 0.218. The number of carbonyl (C=O) groups is 1. The molecule has 0 bridgehead atoms. The summed E-state index contributed by atoms with van der Waals surface area (Å²) in [7, 11) is -3.79. The van der Waals surface area contributed by atoms with Gasteiger partial charge in [0.25, 0.3) is 0 Å². The highest BCUT2D eigenvalue weighted by atomic mass is 35.5. The second-order valence-corrected chi connectivity index (χ2v) is 11.7. The topological polar surface area (TPSA) is 92.3 Å². The lowest BCUT2D eigenvalue weighted by molar-refractivity contribution is -0.117. The van der Waals surface area contributed by atoms with Crippen molar-refractivity contribution in [3.8, 4) is 0 Å². The predicted molar refractivity (Wildman–Crippen MR) is 117 cm³/mol. The average Bonchev–Trinajstić information content (AvgIpc) is 2.95. The molecule has 0 radical (unpaired) electrons. The number of benzene rings is 1. The molecule has 1 amide bonds. The first-order valence-corrected chi connectivity index (χ1v) is 12.6. The standard InChI is InChI=1S/C16H20Cl2N4O3S3/c1-5-13(14(23)19-15-20-21-16(27-15)26-9(2)3)22(28(4,24)25)12-7-10(17)6-11(18)8-12/h6-9,13H,5H2,1-4H3,(H,19,20,23)/t13-/m1/s1. The SMILES string of the molecule is CC[C@H](C(=O)Nc1nnc(SC(C)C)s1)N(c1cc(Cl)cc(Cl)c1)S(C)(=O)=O. The van der Waals surface area contributed by atoms with Crippen molar-refractivity contribution in [2.45, 2.75) is 42.8 Å². The Kier molecular flexibility index (Phi) is 7.97. The van der Waals surface area contributed by atoms with Crippen LogP contribution >= 0.6 is 46.3 Å². The zero-order valence-electron chi connectivity index (χ0n) is 15.6. The Hall–Kier alpha value is -1.07. The zero-order chi connectivity index (χ0) is 21.1. The Labute approximate surface area is 182 Å². The largest absolute Gasteiger partial charge is 0.299 e. The Morgan fingerprint density at radius 1 is 1.25 bits per heavy atom. The number of hydrogen-bond acceptors (Lipinski definition) is 7. The molecule has 2 aromatic rings. The minimum Gasteiger partial charge on any atom is -0.299 e. The number of rotatable bonds is 8. The number of carbonyl (C=O) groups excluding carboxylic acids is 1. The molecule has 1 N–H and O–H groups in total. The molecule has 1 aromatic carbocycles. The van der Waals surface area contributed by atoms with E-state index in [-0.39, 0.29) is 22.2 Å². The molecule has 12 heteroatoms. The van der Waals surface area contributed by atoms with E-state index in [1.165, 1.54) is 41.3 Å². The van der Waals surface area contributed by atoms with Gasteiger partial charge in [-0.15, -0.1) is 10.2 Å². The third-order valence-corrected chi connectivity index (χ3v) is 6.95. The van der Waals surface area contributed by atoms with Gasteiger partial charge in [0.05, 0.1) is 11.9 Å². The first-order valence-electron chi connectivity index (χ1n) is 8.27. The molecule has 1 atom stereocenters. The Morgan fingerprint density at radius 3 is 2.36 bits per heavy atom. The molecule has 0 aliphatic rings. The number of nitrogens with zero attached hydrogens (tertiary/aromatic N) is 3. The summed E-state index contributed by atoms with van der Waals surface area (Å²) in [5, 5.41) is 11.8. The molecule has 0 aliphatic heterocycles. The zero-order valence-corrected chi connectivity index (χ0v) is 19.6. The van der Waals surface area contributed by atoms with Crippen LogP contribution in [0.5, 0.6) is 0 Å². The van der Waals surface area contributed by atoms with Crippen molar-refractivity contribution in [3.05, 3.63) is 28.2 Å². The number of anilines is 2. The predicted octanol–water partition coefficient (Wildman–Crippen LogP) is 4.53. The average molecular weight is 483 g/mol. The minimum atomic E-state index is -3.79. The van der Waals surface area contributed by atoms with Crippen LogP contribution in [0.4, 0.5) is 10.8 Å². The highest BCUT2D eigenvalue weighted by Gasteiger charge is 2.32. The van der Waals surface area contributed by atoms with Gasteiger partial charge in [-0.2, -0.15) is 0 Å². The van der Waals surface area contributed by atoms with Gasteiger partial charge in [-0.25, -0.2) is 8.42 Å². The number of sulfonamides is 1. The monoisotopic (exact) mass is 482 g/mol. The number of amides is 1. The third kappa shape index (κ3) is 6.21. The van der Waals surface area contributed by atoms with Crippen LogP contribution in [0.25, 0.3) is 0 Å². The Balaban J connectivity index is 2.32. The second-order valence-electron chi connectivity index (χ2n) is 6.14. The molecule has 0 saturated carbocycles. The third-order valence-electron chi connectivity index (χ3n) is 3.40. The fourth-order valence-electron chi connectivity index (χ4n) is 2.43. The summed E-state index contributed by atoms with van der Waals surface area (Å²) in [5.74, 6) is -0.513. The Bertz CT molecular complexity index is 930. The van der Waals surface area contributed by atoms with Crippen LogP contribution in [0.15, 0.2) is 22.5 Å². The number of nitrogens with one attached hydrogen (secondary N) is 1. The van der Waals surface area contributed by atoms with E-state index >= 15 is 0 Å². The van der Waals surface area contributed by atoms with Crippen LogP contribution in [0.2, 0.25) is 10.0 Å². The van der Waals surface area contributed by atoms with Crippen LogP contribution < -0.4 is 9.62 Å². The van der Waals surface area contributed by atoms with Crippen molar-refractivity contribution in [1.29, 1.82) is 0 Å². The van der Waals surface area contributed by atoms with Crippen molar-refractivity contribution in [2.24, 2.45) is 0 Å². The lowest BCUT2D eigenvalue weighted by Gasteiger charge is -2.30. The molecule has 154 valence electrons. The lowest BCUT2D eigenvalue weighted by Crippen LogP contribution is -2.47. The molecular formula is C16H20Cl2N4O3S3. The summed E-state index contributed by atoms with van der Waals surface area (Å²) in [6.45, 7) is 5.77. The van der Waals surface area contributed by atoms with Crippen molar-refractivity contribution in [2.75, 3.05) is 15.9 Å². The van der Waals surface area contributed by atoms with Crippen LogP contribution in [0.1, 0.15) is 27.2 Å². The summed E-state index contributed by atoms with van der Waals surface area (Å²) in [6.07, 6.45) is 1.26. The summed E-state index contributed by atoms with van der Waals surface area (Å²) in [5.41, 5.74) is 0.218. The molecule has 1 heterocycles. The molecule has 0 spiro atoms. The molecule has 0 fully saturated rings. The Morgan fingerprint density at radius 2 is 1.86 bits per heavy atom. The van der Waals surface area contributed by atoms with Crippen LogP contribution in [-0.4, -0.2) is 42.1 Å². The van der Waals surface area contributed by atoms with E-state index in [9.17, 15) is 13.2 Å². The number of aromatic nitrogens is 2. The van der Waals surface area contributed by atoms with E-state index in [0.717, 1.165) is 14.9 Å². The van der Waals surface area contributed by atoms with Gasteiger partial charge in [-0.05, 0) is 24.6 Å². The summed E-state index contributed by atoms with van der Waals surface area (Å²) in [4.78, 5) is 12.9. The number of thioether (sulfide) groups is 1. The molecular weight excluding hydrogens is 463 g/mol. The molecule has 28 heavy (non-hydrogen) atoms. The summed E-state index contributed by atoms with van der Waals surface area (Å²) < 4.78 is 26.7. The lowest BCUT2D eigenvalue weighted by atomic mass is 10.2. The fraction of sp³-hybridized carbons (Fsp3) is 0.438. The number of hydrogen-bond donors (Lipinski definition) is 1. The van der Waals surface area contributed by atoms with E-state index in [4.69, 9.17) is 23.2 Å². The van der Waals surface area contributed by atoms with E-state index < -0.39 is 22.0 Å². The van der Waals surface area contributed by atoms with E-state index in [1.54, 1.807) is 6.92 Å². The summed E-state index contributed by atoms with van der Waals surface area (Å²) >= 11 is 14.8. The quantitative estimate of drug-likeness (QED) is 0.438.